The summed E-state index contributed by atoms with van der Waals surface area (Å²) in [4.78, 5) is 0. The molecule has 1 aliphatic carbocycles. The van der Waals surface area contributed by atoms with Gasteiger partial charge in [0.2, 0.25) is 0 Å². The Hall–Kier alpha value is -9.74. The smallest absolute Gasteiger partial charge is 0.0674 e. The van der Waals surface area contributed by atoms with Crippen LogP contribution in [0.1, 0.15) is 91.1 Å². The fourth-order valence-corrected chi connectivity index (χ4v) is 11.7. The van der Waals surface area contributed by atoms with Crippen molar-refractivity contribution in [2.45, 2.75) is 66.7 Å². The van der Waals surface area contributed by atoms with Crippen LogP contribution in [-0.2, 0) is 11.8 Å². The van der Waals surface area contributed by atoms with E-state index >= 15 is 0 Å². The van der Waals surface area contributed by atoms with E-state index in [1.807, 2.05) is 18.2 Å². The van der Waals surface area contributed by atoms with Crippen LogP contribution in [0.3, 0.4) is 0 Å². The van der Waals surface area contributed by atoms with E-state index in [1.54, 1.807) is 0 Å². The molecule has 1 heterocycles. The number of benzene rings is 10. The van der Waals surface area contributed by atoms with Crippen LogP contribution in [0.5, 0.6) is 0 Å². The van der Waals surface area contributed by atoms with Crippen molar-refractivity contribution in [2.75, 3.05) is 0 Å². The van der Waals surface area contributed by atoms with E-state index in [1.165, 1.54) is 117 Å². The van der Waals surface area contributed by atoms with E-state index in [0.717, 1.165) is 23.2 Å². The maximum atomic E-state index is 4.54. The molecule has 1 aromatic heterocycles. The highest BCUT2D eigenvalue weighted by Crippen LogP contribution is 2.57. The molecule has 10 aromatic carbocycles. The lowest BCUT2D eigenvalue weighted by molar-refractivity contribution is 0.743. The number of terminal acetylenes is 1. The number of allylic oxidation sites excluding steroid dienone is 9. The molecule has 408 valence electrons. The first kappa shape index (κ1) is 57.9. The second-order valence-electron chi connectivity index (χ2n) is 21.3. The fourth-order valence-electron chi connectivity index (χ4n) is 11.7. The van der Waals surface area contributed by atoms with Crippen LogP contribution in [0.4, 0.5) is 0 Å². The first-order valence-corrected chi connectivity index (χ1v) is 29.0. The number of aryl methyl sites for hydroxylation is 2. The Kier molecular flexibility index (Phi) is 18.9. The van der Waals surface area contributed by atoms with Crippen molar-refractivity contribution >= 4 is 38.5 Å². The third kappa shape index (κ3) is 12.2. The lowest BCUT2D eigenvalue weighted by atomic mass is 9.67. The molecule has 83 heavy (non-hydrogen) atoms. The second-order valence-corrected chi connectivity index (χ2v) is 21.3. The third-order valence-electron chi connectivity index (χ3n) is 15.8. The number of nitrogens with zero attached hydrogens (tertiary/aromatic N) is 1. The molecule has 11 aromatic rings. The molecule has 1 heteroatoms. The van der Waals surface area contributed by atoms with E-state index < -0.39 is 5.41 Å². The maximum Gasteiger partial charge on any atom is 0.0674 e. The van der Waals surface area contributed by atoms with Crippen LogP contribution in [0.25, 0.3) is 66.5 Å². The van der Waals surface area contributed by atoms with E-state index in [0.29, 0.717) is 0 Å². The summed E-state index contributed by atoms with van der Waals surface area (Å²) in [6.45, 7) is 19.8. The summed E-state index contributed by atoms with van der Waals surface area (Å²) in [5, 5.41) is 2.51. The predicted octanol–water partition coefficient (Wildman–Crippen LogP) is 22.1. The van der Waals surface area contributed by atoms with Gasteiger partial charge in [0.05, 0.1) is 16.4 Å². The van der Waals surface area contributed by atoms with Crippen molar-refractivity contribution < 1.29 is 0 Å². The van der Waals surface area contributed by atoms with Gasteiger partial charge >= 0.3 is 0 Å². The molecule has 1 aliphatic rings. The molecule has 0 amide bonds. The van der Waals surface area contributed by atoms with E-state index in [-0.39, 0.29) is 0 Å². The lowest BCUT2D eigenvalue weighted by Crippen LogP contribution is -2.28. The fraction of sp³-hybridized carbons (Fsp3) is 0.122. The Bertz CT molecular complexity index is 4090. The number of aromatic nitrogens is 1. The first-order valence-electron chi connectivity index (χ1n) is 29.0. The van der Waals surface area contributed by atoms with Crippen LogP contribution in [0.15, 0.2) is 297 Å². The summed E-state index contributed by atoms with van der Waals surface area (Å²) < 4.78 is 2.41. The number of fused-ring (bicyclic) bond motifs is 4. The van der Waals surface area contributed by atoms with Crippen LogP contribution in [0.2, 0.25) is 0 Å². The quantitative estimate of drug-likeness (QED) is 0.0849. The molecule has 1 nitrogen and oxygen atoms in total. The minimum atomic E-state index is -0.504. The van der Waals surface area contributed by atoms with Crippen LogP contribution < -0.4 is 0 Å². The van der Waals surface area contributed by atoms with Crippen molar-refractivity contribution in [3.05, 3.63) is 347 Å². The number of hydrogen-bond acceptors (Lipinski definition) is 0. The van der Waals surface area contributed by atoms with Crippen molar-refractivity contribution in [1.82, 2.24) is 4.57 Å². The van der Waals surface area contributed by atoms with Crippen LogP contribution in [-0.4, -0.2) is 4.57 Å². The summed E-state index contributed by atoms with van der Waals surface area (Å²) in [5.74, 6) is 0. The summed E-state index contributed by atoms with van der Waals surface area (Å²) in [5.41, 5.74) is 25.1. The normalized spacial score (nSPS) is 12.6. The molecule has 0 aliphatic heterocycles. The minimum absolute atomic E-state index is 0.504. The van der Waals surface area contributed by atoms with Gasteiger partial charge in [-0.15, -0.1) is 12.8 Å². The summed E-state index contributed by atoms with van der Waals surface area (Å²) >= 11 is 0. The minimum Gasteiger partial charge on any atom is -0.309 e. The second kappa shape index (κ2) is 27.1. The molecule has 12 rings (SSSR count). The zero-order valence-electron chi connectivity index (χ0n) is 49.3. The highest BCUT2D eigenvalue weighted by Gasteiger charge is 2.46. The van der Waals surface area contributed by atoms with Gasteiger partial charge in [-0.3, -0.25) is 0 Å². The molecule has 0 saturated heterocycles. The maximum absolute atomic E-state index is 4.54. The average molecular weight is 1070 g/mol. The topological polar surface area (TPSA) is 4.93 Å². The zero-order chi connectivity index (χ0) is 58.3. The zero-order valence-corrected chi connectivity index (χ0v) is 49.3. The highest BCUT2D eigenvalue weighted by molar-refractivity contribution is 6.11. The van der Waals surface area contributed by atoms with Gasteiger partial charge in [-0.05, 0) is 184 Å². The van der Waals surface area contributed by atoms with Crippen molar-refractivity contribution in [1.29, 1.82) is 0 Å². The standard InChI is InChI=1S/C70H57N.C7H8.C3H8.C2H2/c1-6-48(2)62(44-50(4)53-25-12-7-13-26-53)63-47-56(40-38-49(63)3)61-36-23-37-66-69(61)60(51(5)70(66,57-29-16-9-17-30-57)58-31-18-10-19-32-58)35-22-24-52-39-42-67-64(45-52)65-46-55(54-27-14-8-15-28-54)41-43-68(65)71(67)59-33-20-11-21-34-59;1-7-5-3-2-4-6-7;1-3-2;1-2/h6-23,25-47H,4,24H2,1-3,5H3;2-6H,1H3;3H2,1-2H3;1-2H/b35-22-,48-6-,62-44+;;;. The first-order chi connectivity index (χ1) is 40.7. The number of para-hydroxylation sites is 1. The van der Waals surface area contributed by atoms with Gasteiger partial charge in [-0.2, -0.15) is 0 Å². The molecular weight excluding hydrogens is 999 g/mol. The third-order valence-corrected chi connectivity index (χ3v) is 15.8. The Morgan fingerprint density at radius 1 is 0.542 bits per heavy atom. The van der Waals surface area contributed by atoms with E-state index in [2.05, 4.69) is 333 Å². The molecule has 0 atom stereocenters. The van der Waals surface area contributed by atoms with E-state index in [4.69, 9.17) is 0 Å². The monoisotopic (exact) mass is 1070 g/mol. The summed E-state index contributed by atoms with van der Waals surface area (Å²) in [6.07, 6.45) is 19.3. The van der Waals surface area contributed by atoms with Gasteiger partial charge in [-0.1, -0.05) is 263 Å². The van der Waals surface area contributed by atoms with Crippen molar-refractivity contribution in [3.63, 3.8) is 0 Å². The molecule has 0 N–H and O–H groups in total. The van der Waals surface area contributed by atoms with Gasteiger partial charge in [0, 0.05) is 16.5 Å². The van der Waals surface area contributed by atoms with Gasteiger partial charge in [0.1, 0.15) is 0 Å². The molecule has 0 bridgehead atoms. The Morgan fingerprint density at radius 3 is 1.65 bits per heavy atom. The molecule has 0 saturated carbocycles. The van der Waals surface area contributed by atoms with Crippen molar-refractivity contribution in [2.24, 2.45) is 0 Å². The van der Waals surface area contributed by atoms with Gasteiger partial charge in [0.25, 0.3) is 0 Å². The van der Waals surface area contributed by atoms with Gasteiger partial charge in [-0.25, -0.2) is 0 Å². The Morgan fingerprint density at radius 2 is 1.07 bits per heavy atom. The SMILES string of the molecule is C#C.C=C(/C=C(\C(C)=C/C)c1cc(-c2cccc3c2C(/C=C\Cc2ccc4c(c2)c2cc(-c5ccccc5)ccc2n4-c2ccccc2)=C(C)C3(c2ccccc2)c2ccccc2)ccc1C)c1ccccc1.CCC.Cc1ccccc1. The molecule has 0 fully saturated rings. The molecule has 0 spiro atoms. The number of rotatable bonds is 12. The van der Waals surface area contributed by atoms with Gasteiger partial charge < -0.3 is 4.57 Å². The molecule has 0 radical (unpaired) electrons. The average Bonchev–Trinajstić information content (AvgIpc) is 3.55. The van der Waals surface area contributed by atoms with E-state index in [9.17, 15) is 0 Å². The summed E-state index contributed by atoms with van der Waals surface area (Å²) in [7, 11) is 0. The Labute approximate surface area is 494 Å². The Balaban J connectivity index is 0.000000626. The lowest BCUT2D eigenvalue weighted by Gasteiger charge is -2.34. The summed E-state index contributed by atoms with van der Waals surface area (Å²) in [6, 6.07) is 92.4. The van der Waals surface area contributed by atoms with Crippen LogP contribution >= 0.6 is 0 Å². The van der Waals surface area contributed by atoms with Crippen molar-refractivity contribution in [3.8, 4) is 40.8 Å². The largest absolute Gasteiger partial charge is 0.309 e. The number of hydrogen-bond donors (Lipinski definition) is 0. The molecular formula is C82H75N. The predicted molar refractivity (Wildman–Crippen MR) is 361 cm³/mol. The van der Waals surface area contributed by atoms with Crippen LogP contribution in [0, 0.1) is 26.7 Å². The van der Waals surface area contributed by atoms with Gasteiger partial charge in [0.15, 0.2) is 0 Å². The highest BCUT2D eigenvalue weighted by atomic mass is 15.0. The molecule has 0 unspecified atom stereocenters.